The highest BCUT2D eigenvalue weighted by Gasteiger charge is 2.42. The molecule has 2 atom stereocenters. The Kier molecular flexibility index (Phi) is 6.68. The number of pyridine rings is 1. The number of rotatable bonds is 6. The third-order valence-corrected chi connectivity index (χ3v) is 5.75. The van der Waals surface area contributed by atoms with E-state index in [1.807, 2.05) is 55.1 Å². The van der Waals surface area contributed by atoms with Crippen molar-refractivity contribution in [3.05, 3.63) is 64.9 Å². The number of carbonyl (C=O) groups is 2. The van der Waals surface area contributed by atoms with Gasteiger partial charge in [-0.2, -0.15) is 0 Å². The lowest BCUT2D eigenvalue weighted by Gasteiger charge is -2.42. The third kappa shape index (κ3) is 4.20. The minimum absolute atomic E-state index is 0.0650. The van der Waals surface area contributed by atoms with Gasteiger partial charge in [-0.15, -0.1) is 0 Å². The molecule has 0 spiro atoms. The fraction of sp³-hybridized carbons (Fsp3) is 0.409. The molecule has 2 heterocycles. The van der Waals surface area contributed by atoms with Crippen molar-refractivity contribution >= 4 is 23.4 Å². The number of halogens is 1. The van der Waals surface area contributed by atoms with Crippen molar-refractivity contribution in [2.24, 2.45) is 5.92 Å². The van der Waals surface area contributed by atoms with Crippen molar-refractivity contribution in [2.45, 2.75) is 39.3 Å². The molecule has 0 bridgehead atoms. The SMILES string of the molecule is CCN(Cc1ccncc1)C(=O)[C@@H]1CCC(=O)N(CC)[C@H]1c1ccccc1Cl. The zero-order chi connectivity index (χ0) is 20.1. The fourth-order valence-electron chi connectivity index (χ4n) is 3.97. The van der Waals surface area contributed by atoms with Crippen LogP contribution >= 0.6 is 11.6 Å². The normalized spacial score (nSPS) is 19.5. The molecule has 1 aromatic heterocycles. The van der Waals surface area contributed by atoms with Gasteiger partial charge in [-0.1, -0.05) is 29.8 Å². The first kappa shape index (κ1) is 20.3. The minimum atomic E-state index is -0.334. The molecule has 5 nitrogen and oxygen atoms in total. The van der Waals surface area contributed by atoms with Gasteiger partial charge in [-0.25, -0.2) is 0 Å². The molecule has 6 heteroatoms. The van der Waals surface area contributed by atoms with E-state index >= 15 is 0 Å². The summed E-state index contributed by atoms with van der Waals surface area (Å²) in [7, 11) is 0. The van der Waals surface area contributed by atoms with Crippen LogP contribution in [0.1, 0.15) is 43.9 Å². The van der Waals surface area contributed by atoms with Crippen LogP contribution in [0.3, 0.4) is 0 Å². The fourth-order valence-corrected chi connectivity index (χ4v) is 4.22. The number of piperidine rings is 1. The van der Waals surface area contributed by atoms with Gasteiger partial charge in [0.15, 0.2) is 0 Å². The lowest BCUT2D eigenvalue weighted by molar-refractivity contribution is -0.148. The van der Waals surface area contributed by atoms with Crippen molar-refractivity contribution in [1.82, 2.24) is 14.8 Å². The van der Waals surface area contributed by atoms with Crippen molar-refractivity contribution < 1.29 is 9.59 Å². The number of aromatic nitrogens is 1. The van der Waals surface area contributed by atoms with Crippen LogP contribution in [0.25, 0.3) is 0 Å². The maximum atomic E-state index is 13.5. The second kappa shape index (κ2) is 9.20. The number of benzene rings is 1. The predicted molar refractivity (Wildman–Crippen MR) is 110 cm³/mol. The molecule has 0 aliphatic carbocycles. The van der Waals surface area contributed by atoms with Gasteiger partial charge in [-0.05, 0) is 49.6 Å². The first-order valence-electron chi connectivity index (χ1n) is 9.78. The minimum Gasteiger partial charge on any atom is -0.338 e. The van der Waals surface area contributed by atoms with Crippen molar-refractivity contribution in [3.63, 3.8) is 0 Å². The monoisotopic (exact) mass is 399 g/mol. The zero-order valence-electron chi connectivity index (χ0n) is 16.3. The second-order valence-corrected chi connectivity index (χ2v) is 7.41. The van der Waals surface area contributed by atoms with Gasteiger partial charge < -0.3 is 9.80 Å². The van der Waals surface area contributed by atoms with Crippen LogP contribution in [0.15, 0.2) is 48.8 Å². The molecule has 1 fully saturated rings. The lowest BCUT2D eigenvalue weighted by Crippen LogP contribution is -2.49. The second-order valence-electron chi connectivity index (χ2n) is 7.00. The Morgan fingerprint density at radius 1 is 1.21 bits per heavy atom. The Bertz CT molecular complexity index is 828. The number of hydrogen-bond donors (Lipinski definition) is 0. The Balaban J connectivity index is 1.93. The maximum Gasteiger partial charge on any atom is 0.228 e. The highest BCUT2D eigenvalue weighted by molar-refractivity contribution is 6.31. The summed E-state index contributed by atoms with van der Waals surface area (Å²) in [5.41, 5.74) is 1.89. The first-order valence-corrected chi connectivity index (χ1v) is 10.2. The predicted octanol–water partition coefficient (Wildman–Crippen LogP) is 4.08. The van der Waals surface area contributed by atoms with E-state index in [9.17, 15) is 9.59 Å². The van der Waals surface area contributed by atoms with Gasteiger partial charge in [0.05, 0.1) is 12.0 Å². The Labute approximate surface area is 171 Å². The summed E-state index contributed by atoms with van der Waals surface area (Å²) >= 11 is 6.47. The molecule has 1 aromatic carbocycles. The molecule has 1 saturated heterocycles. The van der Waals surface area contributed by atoms with E-state index < -0.39 is 0 Å². The molecule has 1 aliphatic rings. The molecule has 3 rings (SSSR count). The molecule has 2 aromatic rings. The summed E-state index contributed by atoms with van der Waals surface area (Å²) < 4.78 is 0. The van der Waals surface area contributed by atoms with E-state index in [0.29, 0.717) is 37.5 Å². The molecular formula is C22H26ClN3O2. The van der Waals surface area contributed by atoms with Crippen molar-refractivity contribution in [3.8, 4) is 0 Å². The molecule has 28 heavy (non-hydrogen) atoms. The summed E-state index contributed by atoms with van der Waals surface area (Å²) in [5, 5.41) is 0.593. The third-order valence-electron chi connectivity index (χ3n) is 5.40. The van der Waals surface area contributed by atoms with Gasteiger partial charge in [0.25, 0.3) is 0 Å². The standard InChI is InChI=1S/C22H26ClN3O2/c1-3-25(15-16-11-13-24-14-12-16)22(28)18-9-10-20(27)26(4-2)21(18)17-7-5-6-8-19(17)23/h5-8,11-14,18,21H,3-4,9-10,15H2,1-2H3/t18-,21+/m1/s1. The summed E-state index contributed by atoms with van der Waals surface area (Å²) in [6.45, 7) is 5.62. The number of likely N-dealkylation sites (tertiary alicyclic amines) is 1. The van der Waals surface area contributed by atoms with Gasteiger partial charge in [0, 0.05) is 43.5 Å². The van der Waals surface area contributed by atoms with Crippen molar-refractivity contribution in [2.75, 3.05) is 13.1 Å². The number of nitrogens with zero attached hydrogens (tertiary/aromatic N) is 3. The quantitative estimate of drug-likeness (QED) is 0.735. The average molecular weight is 400 g/mol. The summed E-state index contributed by atoms with van der Waals surface area (Å²) in [6, 6.07) is 11.0. The summed E-state index contributed by atoms with van der Waals surface area (Å²) in [6.07, 6.45) is 4.39. The van der Waals surface area contributed by atoms with Gasteiger partial charge >= 0.3 is 0 Å². The van der Waals surface area contributed by atoms with Gasteiger partial charge in [0.1, 0.15) is 0 Å². The topological polar surface area (TPSA) is 53.5 Å². The smallest absolute Gasteiger partial charge is 0.228 e. The number of carbonyl (C=O) groups excluding carboxylic acids is 2. The van der Waals surface area contributed by atoms with Gasteiger partial charge in [-0.3, -0.25) is 14.6 Å². The number of amides is 2. The molecule has 0 saturated carbocycles. The zero-order valence-corrected chi connectivity index (χ0v) is 17.1. The molecule has 1 aliphatic heterocycles. The largest absolute Gasteiger partial charge is 0.338 e. The lowest BCUT2D eigenvalue weighted by atomic mass is 9.83. The molecule has 2 amide bonds. The van der Waals surface area contributed by atoms with Crippen LogP contribution in [0.5, 0.6) is 0 Å². The molecular weight excluding hydrogens is 374 g/mol. The van der Waals surface area contributed by atoms with E-state index in [-0.39, 0.29) is 23.8 Å². The van der Waals surface area contributed by atoms with E-state index in [1.54, 1.807) is 17.3 Å². The highest BCUT2D eigenvalue weighted by atomic mass is 35.5. The summed E-state index contributed by atoms with van der Waals surface area (Å²) in [4.78, 5) is 33.8. The Morgan fingerprint density at radius 3 is 2.57 bits per heavy atom. The Hall–Kier alpha value is -2.40. The number of hydrogen-bond acceptors (Lipinski definition) is 3. The molecule has 0 unspecified atom stereocenters. The highest BCUT2D eigenvalue weighted by Crippen LogP contribution is 2.40. The van der Waals surface area contributed by atoms with Crippen LogP contribution in [0.4, 0.5) is 0 Å². The van der Waals surface area contributed by atoms with Crippen molar-refractivity contribution in [1.29, 1.82) is 0 Å². The van der Waals surface area contributed by atoms with Crippen LogP contribution < -0.4 is 0 Å². The molecule has 0 radical (unpaired) electrons. The summed E-state index contributed by atoms with van der Waals surface area (Å²) in [5.74, 6) is -0.164. The Morgan fingerprint density at radius 2 is 1.93 bits per heavy atom. The van der Waals surface area contributed by atoms with Crippen LogP contribution in [0, 0.1) is 5.92 Å². The van der Waals surface area contributed by atoms with Crippen LogP contribution in [-0.4, -0.2) is 39.7 Å². The van der Waals surface area contributed by atoms with E-state index in [2.05, 4.69) is 4.98 Å². The van der Waals surface area contributed by atoms with E-state index in [1.165, 1.54) is 0 Å². The van der Waals surface area contributed by atoms with E-state index in [0.717, 1.165) is 11.1 Å². The van der Waals surface area contributed by atoms with Crippen LogP contribution in [-0.2, 0) is 16.1 Å². The maximum absolute atomic E-state index is 13.5. The molecule has 0 N–H and O–H groups in total. The first-order chi connectivity index (χ1) is 13.6. The molecule has 148 valence electrons. The average Bonchev–Trinajstić information content (AvgIpc) is 2.72. The van der Waals surface area contributed by atoms with Gasteiger partial charge in [0.2, 0.25) is 11.8 Å². The van der Waals surface area contributed by atoms with E-state index in [4.69, 9.17) is 11.6 Å². The van der Waals surface area contributed by atoms with Crippen LogP contribution in [0.2, 0.25) is 5.02 Å².